The second kappa shape index (κ2) is 7.00. The number of nitrogens with one attached hydrogen (secondary N) is 1. The Balaban J connectivity index is 1.74. The van der Waals surface area contributed by atoms with Gasteiger partial charge in [0.1, 0.15) is 6.04 Å². The molecule has 1 atom stereocenters. The van der Waals surface area contributed by atoms with E-state index in [1.165, 1.54) is 4.88 Å². The topological polar surface area (TPSA) is 63.0 Å². The summed E-state index contributed by atoms with van der Waals surface area (Å²) in [4.78, 5) is 5.81. The third kappa shape index (κ3) is 3.33. The molecule has 0 saturated heterocycles. The van der Waals surface area contributed by atoms with Crippen LogP contribution in [-0.4, -0.2) is 26.5 Å². The highest BCUT2D eigenvalue weighted by Crippen LogP contribution is 2.34. The molecule has 128 valence electrons. The first-order chi connectivity index (χ1) is 12.2. The van der Waals surface area contributed by atoms with Crippen molar-refractivity contribution in [1.29, 1.82) is 0 Å². The lowest BCUT2D eigenvalue weighted by atomic mass is 10.1. The van der Waals surface area contributed by atoms with E-state index in [0.717, 1.165) is 23.0 Å². The molecule has 0 amide bonds. The van der Waals surface area contributed by atoms with Crippen LogP contribution in [0, 0.1) is 0 Å². The van der Waals surface area contributed by atoms with Gasteiger partial charge in [0, 0.05) is 28.6 Å². The minimum Gasteiger partial charge on any atom is -0.396 e. The summed E-state index contributed by atoms with van der Waals surface area (Å²) in [6.45, 7) is 0.139. The minimum atomic E-state index is -0.00250. The first kappa shape index (κ1) is 16.3. The molecule has 2 N–H and O–H groups in total. The lowest BCUT2D eigenvalue weighted by molar-refractivity contribution is 0.287. The number of benzene rings is 1. The Morgan fingerprint density at radius 2 is 2.08 bits per heavy atom. The van der Waals surface area contributed by atoms with Gasteiger partial charge in [0.2, 0.25) is 5.95 Å². The first-order valence-corrected chi connectivity index (χ1v) is 9.35. The average molecular weight is 373 g/mol. The predicted molar refractivity (Wildman–Crippen MR) is 101 cm³/mol. The smallest absolute Gasteiger partial charge is 0.226 e. The van der Waals surface area contributed by atoms with E-state index in [9.17, 15) is 0 Å². The lowest BCUT2D eigenvalue weighted by Gasteiger charge is -2.23. The van der Waals surface area contributed by atoms with Gasteiger partial charge in [-0.05, 0) is 41.6 Å². The molecule has 0 fully saturated rings. The molecule has 0 bridgehead atoms. The Kier molecular flexibility index (Phi) is 4.57. The van der Waals surface area contributed by atoms with Gasteiger partial charge >= 0.3 is 0 Å². The van der Waals surface area contributed by atoms with Crippen molar-refractivity contribution in [3.63, 3.8) is 0 Å². The molecule has 2 aromatic heterocycles. The van der Waals surface area contributed by atoms with Crippen LogP contribution in [0.4, 0.5) is 5.95 Å². The maximum Gasteiger partial charge on any atom is 0.226 e. The average Bonchev–Trinajstić information content (AvgIpc) is 3.29. The van der Waals surface area contributed by atoms with Crippen LogP contribution in [0.5, 0.6) is 0 Å². The van der Waals surface area contributed by atoms with Gasteiger partial charge in [0.25, 0.3) is 0 Å². The van der Waals surface area contributed by atoms with E-state index >= 15 is 0 Å². The van der Waals surface area contributed by atoms with Gasteiger partial charge in [-0.25, -0.2) is 4.68 Å². The summed E-state index contributed by atoms with van der Waals surface area (Å²) in [6, 6.07) is 11.9. The molecular weight excluding hydrogens is 356 g/mol. The molecule has 1 aliphatic rings. The third-order valence-electron chi connectivity index (χ3n) is 4.06. The number of hydrogen-bond acceptors (Lipinski definition) is 5. The quantitative estimate of drug-likeness (QED) is 0.711. The second-order valence-corrected chi connectivity index (χ2v) is 7.21. The highest BCUT2D eigenvalue weighted by Gasteiger charge is 2.25. The molecule has 3 heterocycles. The van der Waals surface area contributed by atoms with Crippen molar-refractivity contribution in [1.82, 2.24) is 14.8 Å². The minimum absolute atomic E-state index is 0.00250. The Bertz CT molecular complexity index is 886. The molecule has 4 rings (SSSR count). The number of aromatic nitrogens is 3. The molecule has 0 aliphatic carbocycles. The fraction of sp³-hybridized carbons (Fsp3) is 0.222. The number of nitrogens with zero attached hydrogens (tertiary/aromatic N) is 3. The monoisotopic (exact) mass is 372 g/mol. The first-order valence-electron chi connectivity index (χ1n) is 8.09. The zero-order valence-corrected chi connectivity index (χ0v) is 15.0. The van der Waals surface area contributed by atoms with E-state index in [1.54, 1.807) is 11.3 Å². The Hall–Kier alpha value is -2.15. The normalized spacial score (nSPS) is 16.2. The van der Waals surface area contributed by atoms with Gasteiger partial charge in [-0.2, -0.15) is 10.1 Å². The number of aliphatic hydroxyl groups excluding tert-OH is 1. The van der Waals surface area contributed by atoms with Gasteiger partial charge in [-0.1, -0.05) is 29.8 Å². The molecule has 1 aliphatic heterocycles. The summed E-state index contributed by atoms with van der Waals surface area (Å²) in [5, 5.41) is 19.8. The van der Waals surface area contributed by atoms with Crippen LogP contribution in [0.25, 0.3) is 5.70 Å². The summed E-state index contributed by atoms with van der Waals surface area (Å²) in [5.41, 5.74) is 2.04. The van der Waals surface area contributed by atoms with E-state index in [4.69, 9.17) is 16.7 Å². The Labute approximate surface area is 154 Å². The molecule has 0 unspecified atom stereocenters. The summed E-state index contributed by atoms with van der Waals surface area (Å²) >= 11 is 7.71. The van der Waals surface area contributed by atoms with E-state index < -0.39 is 0 Å². The van der Waals surface area contributed by atoms with Crippen molar-refractivity contribution in [2.75, 3.05) is 11.9 Å². The van der Waals surface area contributed by atoms with Crippen molar-refractivity contribution in [2.45, 2.75) is 18.9 Å². The molecule has 1 aromatic carbocycles. The molecule has 25 heavy (non-hydrogen) atoms. The number of aryl methyl sites for hydroxylation is 1. The second-order valence-electron chi connectivity index (χ2n) is 5.80. The van der Waals surface area contributed by atoms with Gasteiger partial charge in [0.15, 0.2) is 5.82 Å². The van der Waals surface area contributed by atoms with Crippen LogP contribution < -0.4 is 5.32 Å². The summed E-state index contributed by atoms with van der Waals surface area (Å²) in [5.74, 6) is 1.46. The number of allylic oxidation sites excluding steroid dienone is 1. The van der Waals surface area contributed by atoms with Crippen LogP contribution in [0.2, 0.25) is 5.02 Å². The third-order valence-corrected chi connectivity index (χ3v) is 5.25. The van der Waals surface area contributed by atoms with Gasteiger partial charge in [-0.15, -0.1) is 11.3 Å². The van der Waals surface area contributed by atoms with Crippen LogP contribution in [0.1, 0.15) is 28.7 Å². The van der Waals surface area contributed by atoms with Crippen molar-refractivity contribution in [2.24, 2.45) is 0 Å². The highest BCUT2D eigenvalue weighted by molar-refractivity contribution is 7.10. The molecular formula is C18H17ClN4OS. The Morgan fingerprint density at radius 1 is 1.24 bits per heavy atom. The van der Waals surface area contributed by atoms with Crippen molar-refractivity contribution < 1.29 is 5.11 Å². The number of anilines is 1. The molecule has 0 radical (unpaired) electrons. The molecule has 0 saturated carbocycles. The van der Waals surface area contributed by atoms with Crippen LogP contribution in [0.15, 0.2) is 47.9 Å². The zero-order chi connectivity index (χ0) is 17.2. The van der Waals surface area contributed by atoms with E-state index in [-0.39, 0.29) is 12.6 Å². The molecule has 3 aromatic rings. The van der Waals surface area contributed by atoms with E-state index in [1.807, 2.05) is 35.0 Å². The largest absolute Gasteiger partial charge is 0.396 e. The lowest BCUT2D eigenvalue weighted by Crippen LogP contribution is -2.19. The number of rotatable bonds is 5. The van der Waals surface area contributed by atoms with E-state index in [0.29, 0.717) is 17.9 Å². The molecule has 5 nitrogen and oxygen atoms in total. The number of hydrogen-bond donors (Lipinski definition) is 2. The maximum atomic E-state index is 9.05. The van der Waals surface area contributed by atoms with Crippen LogP contribution in [-0.2, 0) is 6.42 Å². The van der Waals surface area contributed by atoms with E-state index in [2.05, 4.69) is 32.9 Å². The predicted octanol–water partition coefficient (Wildman–Crippen LogP) is 3.97. The number of fused-ring (bicyclic) bond motifs is 1. The fourth-order valence-electron chi connectivity index (χ4n) is 2.84. The summed E-state index contributed by atoms with van der Waals surface area (Å²) < 4.78 is 1.91. The van der Waals surface area contributed by atoms with Crippen molar-refractivity contribution in [3.05, 3.63) is 69.1 Å². The fourth-order valence-corrected chi connectivity index (χ4v) is 3.75. The van der Waals surface area contributed by atoms with Crippen molar-refractivity contribution >= 4 is 34.6 Å². The van der Waals surface area contributed by atoms with Crippen LogP contribution >= 0.6 is 22.9 Å². The number of halogens is 1. The number of thiophene rings is 1. The standard InChI is InChI=1S/C18H17ClN4OS/c19-13-7-5-12(6-8-13)14-11-15(16-3-2-10-25-16)23-18(20-14)21-17(22-23)4-1-9-24/h2-3,5-8,10-11,15,24H,1,4,9H2,(H,20,21,22)/t15-/m1/s1. The summed E-state index contributed by atoms with van der Waals surface area (Å²) in [6.07, 6.45) is 3.47. The zero-order valence-electron chi connectivity index (χ0n) is 13.4. The molecule has 0 spiro atoms. The van der Waals surface area contributed by atoms with Crippen molar-refractivity contribution in [3.8, 4) is 0 Å². The van der Waals surface area contributed by atoms with Crippen LogP contribution in [0.3, 0.4) is 0 Å². The number of aliphatic hydroxyl groups is 1. The van der Waals surface area contributed by atoms with Gasteiger partial charge < -0.3 is 10.4 Å². The molecule has 7 heteroatoms. The van der Waals surface area contributed by atoms with Gasteiger partial charge in [-0.3, -0.25) is 0 Å². The van der Waals surface area contributed by atoms with Gasteiger partial charge in [0.05, 0.1) is 0 Å². The maximum absolute atomic E-state index is 9.05. The SMILES string of the molecule is OCCCc1nc2n(n1)[C@@H](c1cccs1)C=C(c1ccc(Cl)cc1)N2. The Morgan fingerprint density at radius 3 is 2.80 bits per heavy atom. The summed E-state index contributed by atoms with van der Waals surface area (Å²) in [7, 11) is 0. The highest BCUT2D eigenvalue weighted by atomic mass is 35.5.